The third-order valence-corrected chi connectivity index (χ3v) is 3.41. The summed E-state index contributed by atoms with van der Waals surface area (Å²) in [4.78, 5) is 0. The number of nitrogens with one attached hydrogen (secondary N) is 1. The molecular weight excluding hydrogens is 245 g/mol. The van der Waals surface area contributed by atoms with E-state index in [1.807, 2.05) is 12.1 Å². The highest BCUT2D eigenvalue weighted by molar-refractivity contribution is 6.35. The van der Waals surface area contributed by atoms with E-state index in [9.17, 15) is 0 Å². The van der Waals surface area contributed by atoms with Gasteiger partial charge in [-0.15, -0.1) is 0 Å². The maximum absolute atomic E-state index is 6.15. The van der Waals surface area contributed by atoms with Crippen molar-refractivity contribution in [2.75, 3.05) is 13.2 Å². The van der Waals surface area contributed by atoms with Gasteiger partial charge in [-0.25, -0.2) is 0 Å². The lowest BCUT2D eigenvalue weighted by Crippen LogP contribution is -2.31. The van der Waals surface area contributed by atoms with Crippen LogP contribution in [0.4, 0.5) is 0 Å². The van der Waals surface area contributed by atoms with E-state index >= 15 is 0 Å². The maximum Gasteiger partial charge on any atom is 0.0620 e. The van der Waals surface area contributed by atoms with Gasteiger partial charge in [-0.2, -0.15) is 0 Å². The molecule has 1 N–H and O–H groups in total. The Kier molecular flexibility index (Phi) is 4.09. The molecule has 2 nitrogen and oxygen atoms in total. The Bertz CT molecular complexity index is 364. The zero-order valence-electron chi connectivity index (χ0n) is 9.17. The predicted octanol–water partition coefficient (Wildman–Crippen LogP) is 3.43. The quantitative estimate of drug-likeness (QED) is 0.898. The minimum Gasteiger partial charge on any atom is -0.380 e. The molecule has 0 aromatic heterocycles. The van der Waals surface area contributed by atoms with Crippen LogP contribution in [0.2, 0.25) is 10.0 Å². The molecule has 1 saturated heterocycles. The summed E-state index contributed by atoms with van der Waals surface area (Å²) >= 11 is 12.0. The zero-order valence-corrected chi connectivity index (χ0v) is 10.7. The van der Waals surface area contributed by atoms with E-state index in [0.717, 1.165) is 25.2 Å². The van der Waals surface area contributed by atoms with Gasteiger partial charge in [0.2, 0.25) is 0 Å². The average molecular weight is 260 g/mol. The van der Waals surface area contributed by atoms with Crippen molar-refractivity contribution in [3.8, 4) is 0 Å². The minimum atomic E-state index is 0.219. The molecule has 2 rings (SSSR count). The van der Waals surface area contributed by atoms with Crippen molar-refractivity contribution in [1.82, 2.24) is 5.32 Å². The molecule has 16 heavy (non-hydrogen) atoms. The first-order valence-corrected chi connectivity index (χ1v) is 6.21. The number of halogens is 2. The highest BCUT2D eigenvalue weighted by atomic mass is 35.5. The van der Waals surface area contributed by atoms with E-state index in [-0.39, 0.29) is 6.04 Å². The summed E-state index contributed by atoms with van der Waals surface area (Å²) in [7, 11) is 0. The first-order chi connectivity index (χ1) is 7.66. The second-order valence-electron chi connectivity index (χ2n) is 4.11. The molecule has 0 saturated carbocycles. The van der Waals surface area contributed by atoms with Crippen LogP contribution in [0.25, 0.3) is 0 Å². The van der Waals surface area contributed by atoms with Gasteiger partial charge in [-0.3, -0.25) is 0 Å². The summed E-state index contributed by atoms with van der Waals surface area (Å²) in [6.45, 7) is 3.74. The van der Waals surface area contributed by atoms with E-state index in [1.165, 1.54) is 0 Å². The summed E-state index contributed by atoms with van der Waals surface area (Å²) in [5, 5.41) is 4.89. The van der Waals surface area contributed by atoms with Crippen molar-refractivity contribution in [3.63, 3.8) is 0 Å². The molecular formula is C12H15Cl2NO. The molecule has 1 aromatic carbocycles. The van der Waals surface area contributed by atoms with Gasteiger partial charge in [0, 0.05) is 28.7 Å². The monoisotopic (exact) mass is 259 g/mol. The summed E-state index contributed by atoms with van der Waals surface area (Å²) in [5.41, 5.74) is 1.08. The molecule has 1 heterocycles. The van der Waals surface area contributed by atoms with Gasteiger partial charge >= 0.3 is 0 Å². The van der Waals surface area contributed by atoms with Crippen molar-refractivity contribution in [3.05, 3.63) is 33.8 Å². The normalized spacial score (nSPS) is 22.3. The van der Waals surface area contributed by atoms with Gasteiger partial charge in [0.25, 0.3) is 0 Å². The van der Waals surface area contributed by atoms with Crippen molar-refractivity contribution in [2.24, 2.45) is 0 Å². The number of benzene rings is 1. The molecule has 0 radical (unpaired) electrons. The Morgan fingerprint density at radius 1 is 1.44 bits per heavy atom. The fourth-order valence-electron chi connectivity index (χ4n) is 1.96. The number of ether oxygens (including phenoxy) is 1. The summed E-state index contributed by atoms with van der Waals surface area (Å²) in [6, 6.07) is 6.27. The molecule has 4 heteroatoms. The van der Waals surface area contributed by atoms with Crippen LogP contribution < -0.4 is 5.32 Å². The summed E-state index contributed by atoms with van der Waals surface area (Å²) in [6.07, 6.45) is 1.07. The standard InChI is InChI=1S/C12H15Cl2NO/c1-8(15-10-4-5-16-7-10)11-3-2-9(13)6-12(11)14/h2-3,6,8,10,15H,4-5,7H2,1H3. The smallest absolute Gasteiger partial charge is 0.0620 e. The molecule has 0 amide bonds. The fourth-order valence-corrected chi connectivity index (χ4v) is 2.53. The highest BCUT2D eigenvalue weighted by Crippen LogP contribution is 2.26. The molecule has 0 aliphatic carbocycles. The van der Waals surface area contributed by atoms with Gasteiger partial charge in [-0.05, 0) is 31.0 Å². The van der Waals surface area contributed by atoms with Crippen molar-refractivity contribution < 1.29 is 4.74 Å². The van der Waals surface area contributed by atoms with Crippen molar-refractivity contribution in [1.29, 1.82) is 0 Å². The van der Waals surface area contributed by atoms with Crippen LogP contribution in [0.3, 0.4) is 0 Å². The van der Waals surface area contributed by atoms with Crippen molar-refractivity contribution >= 4 is 23.2 Å². The Morgan fingerprint density at radius 2 is 2.25 bits per heavy atom. The number of rotatable bonds is 3. The Labute approximate surface area is 106 Å². The summed E-state index contributed by atoms with van der Waals surface area (Å²) < 4.78 is 5.33. The second-order valence-corrected chi connectivity index (χ2v) is 4.96. The minimum absolute atomic E-state index is 0.219. The molecule has 2 atom stereocenters. The lowest BCUT2D eigenvalue weighted by atomic mass is 10.1. The molecule has 1 aromatic rings. The Hall–Kier alpha value is -0.280. The highest BCUT2D eigenvalue weighted by Gasteiger charge is 2.19. The molecule has 1 aliphatic rings. The Morgan fingerprint density at radius 3 is 2.88 bits per heavy atom. The predicted molar refractivity (Wildman–Crippen MR) is 67.2 cm³/mol. The van der Waals surface area contributed by atoms with Crippen LogP contribution in [-0.4, -0.2) is 19.3 Å². The summed E-state index contributed by atoms with van der Waals surface area (Å²) in [5.74, 6) is 0. The third-order valence-electron chi connectivity index (χ3n) is 2.84. The lowest BCUT2D eigenvalue weighted by Gasteiger charge is -2.19. The van der Waals surface area contributed by atoms with Crippen LogP contribution in [0.1, 0.15) is 24.9 Å². The van der Waals surface area contributed by atoms with E-state index in [1.54, 1.807) is 6.07 Å². The first kappa shape index (κ1) is 12.2. The third kappa shape index (κ3) is 2.89. The SMILES string of the molecule is CC(NC1CCOC1)c1ccc(Cl)cc1Cl. The van der Waals surface area contributed by atoms with Crippen LogP contribution in [0.5, 0.6) is 0 Å². The first-order valence-electron chi connectivity index (χ1n) is 5.45. The molecule has 2 unspecified atom stereocenters. The van der Waals surface area contributed by atoms with Crippen molar-refractivity contribution in [2.45, 2.75) is 25.4 Å². The van der Waals surface area contributed by atoms with Crippen LogP contribution in [0, 0.1) is 0 Å². The van der Waals surface area contributed by atoms with Gasteiger partial charge in [0.1, 0.15) is 0 Å². The van der Waals surface area contributed by atoms with Gasteiger partial charge < -0.3 is 10.1 Å². The second kappa shape index (κ2) is 5.37. The molecule has 1 aliphatic heterocycles. The lowest BCUT2D eigenvalue weighted by molar-refractivity contribution is 0.188. The van der Waals surface area contributed by atoms with Crippen LogP contribution >= 0.6 is 23.2 Å². The molecule has 88 valence electrons. The molecule has 1 fully saturated rings. The largest absolute Gasteiger partial charge is 0.380 e. The van der Waals surface area contributed by atoms with Gasteiger partial charge in [0.05, 0.1) is 6.61 Å². The van der Waals surface area contributed by atoms with Crippen LogP contribution in [-0.2, 0) is 4.74 Å². The fraction of sp³-hybridized carbons (Fsp3) is 0.500. The van der Waals surface area contributed by atoms with E-state index in [4.69, 9.17) is 27.9 Å². The van der Waals surface area contributed by atoms with E-state index in [2.05, 4.69) is 12.2 Å². The number of hydrogen-bond donors (Lipinski definition) is 1. The maximum atomic E-state index is 6.15. The average Bonchev–Trinajstić information content (AvgIpc) is 2.70. The van der Waals surface area contributed by atoms with Gasteiger partial charge in [-0.1, -0.05) is 29.3 Å². The molecule has 0 bridgehead atoms. The van der Waals surface area contributed by atoms with Crippen LogP contribution in [0.15, 0.2) is 18.2 Å². The van der Waals surface area contributed by atoms with Gasteiger partial charge in [0.15, 0.2) is 0 Å². The zero-order chi connectivity index (χ0) is 11.5. The Balaban J connectivity index is 2.04. The van der Waals surface area contributed by atoms with E-state index < -0.39 is 0 Å². The molecule has 0 spiro atoms. The number of hydrogen-bond acceptors (Lipinski definition) is 2. The van der Waals surface area contributed by atoms with E-state index in [0.29, 0.717) is 16.1 Å². The topological polar surface area (TPSA) is 21.3 Å².